The summed E-state index contributed by atoms with van der Waals surface area (Å²) in [6.07, 6.45) is 6.24. The van der Waals surface area contributed by atoms with Crippen LogP contribution >= 0.6 is 0 Å². The summed E-state index contributed by atoms with van der Waals surface area (Å²) in [7, 11) is 0. The van der Waals surface area contributed by atoms with Gasteiger partial charge in [0.25, 0.3) is 0 Å². The van der Waals surface area contributed by atoms with Crippen molar-refractivity contribution in [2.24, 2.45) is 5.92 Å². The third-order valence-electron chi connectivity index (χ3n) is 4.69. The van der Waals surface area contributed by atoms with Crippen LogP contribution in [-0.2, 0) is 11.2 Å². The average Bonchev–Trinajstić information content (AvgIpc) is 3.17. The lowest BCUT2D eigenvalue weighted by atomic mass is 10.0. The topological polar surface area (TPSA) is 57.8 Å². The minimum atomic E-state index is -0.0618. The highest BCUT2D eigenvalue weighted by molar-refractivity contribution is 5.92. The van der Waals surface area contributed by atoms with Gasteiger partial charge in [0.2, 0.25) is 5.91 Å². The van der Waals surface area contributed by atoms with Gasteiger partial charge < -0.3 is 5.32 Å². The molecule has 0 fully saturated rings. The first kappa shape index (κ1) is 14.7. The van der Waals surface area contributed by atoms with E-state index in [1.165, 1.54) is 11.1 Å². The summed E-state index contributed by atoms with van der Waals surface area (Å²) in [6.45, 7) is 2.18. The van der Waals surface area contributed by atoms with Crippen LogP contribution < -0.4 is 5.32 Å². The summed E-state index contributed by atoms with van der Waals surface area (Å²) in [6, 6.07) is 14.4. The first-order valence-corrected chi connectivity index (χ1v) is 8.20. The SMILES string of the molecule is C[C@H]1Cc2ccccc2[C@@H]1NC(=O)/C=C/c1ccc2cn[nH]c2c1. The maximum absolute atomic E-state index is 12.3. The largest absolute Gasteiger partial charge is 0.345 e. The zero-order chi connectivity index (χ0) is 16.5. The Morgan fingerprint density at radius 1 is 1.29 bits per heavy atom. The molecule has 0 saturated heterocycles. The van der Waals surface area contributed by atoms with E-state index in [0.29, 0.717) is 5.92 Å². The molecule has 1 aliphatic carbocycles. The van der Waals surface area contributed by atoms with E-state index in [2.05, 4.69) is 40.6 Å². The third-order valence-corrected chi connectivity index (χ3v) is 4.69. The molecule has 3 aromatic rings. The number of hydrogen-bond donors (Lipinski definition) is 2. The van der Waals surface area contributed by atoms with Gasteiger partial charge in [0.15, 0.2) is 0 Å². The van der Waals surface area contributed by atoms with Gasteiger partial charge in [-0.15, -0.1) is 0 Å². The molecular weight excluding hydrogens is 298 g/mol. The summed E-state index contributed by atoms with van der Waals surface area (Å²) < 4.78 is 0. The maximum atomic E-state index is 12.3. The fourth-order valence-corrected chi connectivity index (χ4v) is 3.45. The number of aromatic nitrogens is 2. The molecule has 1 aromatic heterocycles. The van der Waals surface area contributed by atoms with Gasteiger partial charge in [0, 0.05) is 11.5 Å². The number of carbonyl (C=O) groups excluding carboxylic acids is 1. The van der Waals surface area contributed by atoms with Crippen LogP contribution in [0.3, 0.4) is 0 Å². The number of benzene rings is 2. The molecule has 1 heterocycles. The van der Waals surface area contributed by atoms with E-state index in [1.807, 2.05) is 30.3 Å². The van der Waals surface area contributed by atoms with E-state index >= 15 is 0 Å². The normalized spacial score (nSPS) is 19.7. The van der Waals surface area contributed by atoms with E-state index in [1.54, 1.807) is 12.3 Å². The average molecular weight is 317 g/mol. The van der Waals surface area contributed by atoms with Crippen LogP contribution in [0.1, 0.15) is 29.7 Å². The van der Waals surface area contributed by atoms with Gasteiger partial charge in [-0.2, -0.15) is 5.10 Å². The zero-order valence-electron chi connectivity index (χ0n) is 13.5. The van der Waals surface area contributed by atoms with Crippen molar-refractivity contribution >= 4 is 22.9 Å². The van der Waals surface area contributed by atoms with Gasteiger partial charge in [-0.1, -0.05) is 43.3 Å². The van der Waals surface area contributed by atoms with Gasteiger partial charge in [0.1, 0.15) is 0 Å². The van der Waals surface area contributed by atoms with Gasteiger partial charge >= 0.3 is 0 Å². The van der Waals surface area contributed by atoms with Crippen molar-refractivity contribution in [3.05, 3.63) is 71.4 Å². The third kappa shape index (κ3) is 2.71. The quantitative estimate of drug-likeness (QED) is 0.725. The highest BCUT2D eigenvalue weighted by atomic mass is 16.1. The Balaban J connectivity index is 1.48. The van der Waals surface area contributed by atoms with Crippen molar-refractivity contribution in [1.29, 1.82) is 0 Å². The Kier molecular flexibility index (Phi) is 3.65. The van der Waals surface area contributed by atoms with Crippen molar-refractivity contribution in [2.75, 3.05) is 0 Å². The Hall–Kier alpha value is -2.88. The van der Waals surface area contributed by atoms with Crippen LogP contribution in [0.25, 0.3) is 17.0 Å². The van der Waals surface area contributed by atoms with Gasteiger partial charge in [0.05, 0.1) is 17.8 Å². The van der Waals surface area contributed by atoms with Gasteiger partial charge in [-0.25, -0.2) is 0 Å². The molecule has 4 rings (SSSR count). The number of nitrogens with zero attached hydrogens (tertiary/aromatic N) is 1. The lowest BCUT2D eigenvalue weighted by Gasteiger charge is -2.17. The molecule has 0 aliphatic heterocycles. The molecule has 1 amide bonds. The number of amides is 1. The minimum Gasteiger partial charge on any atom is -0.345 e. The van der Waals surface area contributed by atoms with Crippen molar-refractivity contribution in [3.63, 3.8) is 0 Å². The number of aromatic amines is 1. The first-order chi connectivity index (χ1) is 11.7. The van der Waals surface area contributed by atoms with Gasteiger partial charge in [-0.3, -0.25) is 9.89 Å². The van der Waals surface area contributed by atoms with Crippen LogP contribution in [0.4, 0.5) is 0 Å². The van der Waals surface area contributed by atoms with Crippen LogP contribution in [0.2, 0.25) is 0 Å². The molecule has 2 N–H and O–H groups in total. The Bertz CT molecular complexity index is 925. The number of fused-ring (bicyclic) bond motifs is 2. The molecule has 0 saturated carbocycles. The van der Waals surface area contributed by atoms with Crippen molar-refractivity contribution < 1.29 is 4.79 Å². The summed E-state index contributed by atoms with van der Waals surface area (Å²) in [4.78, 5) is 12.3. The van der Waals surface area contributed by atoms with Crippen LogP contribution in [0.15, 0.2) is 54.7 Å². The van der Waals surface area contributed by atoms with Crippen molar-refractivity contribution in [2.45, 2.75) is 19.4 Å². The number of carbonyl (C=O) groups is 1. The number of hydrogen-bond acceptors (Lipinski definition) is 2. The fraction of sp³-hybridized carbons (Fsp3) is 0.200. The molecular formula is C20H19N3O. The lowest BCUT2D eigenvalue weighted by molar-refractivity contribution is -0.117. The molecule has 0 bridgehead atoms. The van der Waals surface area contributed by atoms with Crippen LogP contribution in [-0.4, -0.2) is 16.1 Å². The van der Waals surface area contributed by atoms with Gasteiger partial charge in [-0.05, 0) is 41.2 Å². The van der Waals surface area contributed by atoms with E-state index in [9.17, 15) is 4.79 Å². The molecule has 0 unspecified atom stereocenters. The highest BCUT2D eigenvalue weighted by Crippen LogP contribution is 2.35. The number of nitrogens with one attached hydrogen (secondary N) is 2. The second-order valence-corrected chi connectivity index (χ2v) is 6.42. The molecule has 24 heavy (non-hydrogen) atoms. The lowest BCUT2D eigenvalue weighted by Crippen LogP contribution is -2.28. The molecule has 1 aliphatic rings. The summed E-state index contributed by atoms with van der Waals surface area (Å²) in [5.41, 5.74) is 4.52. The van der Waals surface area contributed by atoms with E-state index < -0.39 is 0 Å². The summed E-state index contributed by atoms with van der Waals surface area (Å²) in [5.74, 6) is 0.356. The Labute approximate surface area is 140 Å². The predicted octanol–water partition coefficient (Wildman–Crippen LogP) is 3.63. The molecule has 2 aromatic carbocycles. The highest BCUT2D eigenvalue weighted by Gasteiger charge is 2.29. The second kappa shape index (κ2) is 5.96. The fourth-order valence-electron chi connectivity index (χ4n) is 3.45. The van der Waals surface area contributed by atoms with Crippen molar-refractivity contribution in [3.8, 4) is 0 Å². The molecule has 2 atom stereocenters. The molecule has 0 radical (unpaired) electrons. The molecule has 120 valence electrons. The van der Waals surface area contributed by atoms with E-state index in [0.717, 1.165) is 22.9 Å². The Morgan fingerprint density at radius 2 is 2.17 bits per heavy atom. The smallest absolute Gasteiger partial charge is 0.244 e. The van der Waals surface area contributed by atoms with Crippen LogP contribution in [0.5, 0.6) is 0 Å². The Morgan fingerprint density at radius 3 is 3.08 bits per heavy atom. The van der Waals surface area contributed by atoms with Crippen molar-refractivity contribution in [1.82, 2.24) is 15.5 Å². The molecule has 4 nitrogen and oxygen atoms in total. The molecule has 4 heteroatoms. The minimum absolute atomic E-state index is 0.0618. The van der Waals surface area contributed by atoms with E-state index in [-0.39, 0.29) is 11.9 Å². The number of H-pyrrole nitrogens is 1. The molecule has 0 spiro atoms. The second-order valence-electron chi connectivity index (χ2n) is 6.42. The zero-order valence-corrected chi connectivity index (χ0v) is 13.5. The summed E-state index contributed by atoms with van der Waals surface area (Å²) in [5, 5.41) is 11.2. The monoisotopic (exact) mass is 317 g/mol. The predicted molar refractivity (Wildman–Crippen MR) is 95.3 cm³/mol. The summed E-state index contributed by atoms with van der Waals surface area (Å²) >= 11 is 0. The standard InChI is InChI=1S/C20H19N3O/c1-13-10-15-4-2-3-5-17(15)20(13)22-19(24)9-7-14-6-8-16-12-21-23-18(16)11-14/h2-9,11-13,20H,10H2,1H3,(H,21,23)(H,22,24)/b9-7+/t13-,20+/m0/s1. The number of rotatable bonds is 3. The first-order valence-electron chi connectivity index (χ1n) is 8.20. The van der Waals surface area contributed by atoms with Crippen LogP contribution in [0, 0.1) is 5.92 Å². The maximum Gasteiger partial charge on any atom is 0.244 e. The van der Waals surface area contributed by atoms with E-state index in [4.69, 9.17) is 0 Å².